The zero-order valence-electron chi connectivity index (χ0n) is 17.9. The van der Waals surface area contributed by atoms with Gasteiger partial charge in [0.25, 0.3) is 0 Å². The van der Waals surface area contributed by atoms with Gasteiger partial charge in [-0.25, -0.2) is 4.79 Å². The highest BCUT2D eigenvalue weighted by Crippen LogP contribution is 2.67. The van der Waals surface area contributed by atoms with Crippen molar-refractivity contribution in [2.45, 2.75) is 78.4 Å². The lowest BCUT2D eigenvalue weighted by atomic mass is 9.40. The fraction of sp³-hybridized carbons (Fsp3) is 0.864. The highest BCUT2D eigenvalue weighted by atomic mass is 16.6. The van der Waals surface area contributed by atoms with Crippen LogP contribution in [0.5, 0.6) is 0 Å². The minimum atomic E-state index is -0.910. The summed E-state index contributed by atoms with van der Waals surface area (Å²) in [5.74, 6) is -0.421. The van der Waals surface area contributed by atoms with E-state index in [1.807, 2.05) is 13.8 Å². The first-order valence-electron chi connectivity index (χ1n) is 10.7. The van der Waals surface area contributed by atoms with E-state index in [-0.39, 0.29) is 35.4 Å². The number of hydrogen-bond acceptors (Lipinski definition) is 7. The smallest absolute Gasteiger partial charge is 0.332 e. The number of nitrogens with zero attached hydrogens (tertiary/aromatic N) is 1. The van der Waals surface area contributed by atoms with Crippen molar-refractivity contribution >= 4 is 18.0 Å². The lowest BCUT2D eigenvalue weighted by Gasteiger charge is -2.65. The Kier molecular flexibility index (Phi) is 5.86. The second kappa shape index (κ2) is 7.65. The summed E-state index contributed by atoms with van der Waals surface area (Å²) >= 11 is 0. The van der Waals surface area contributed by atoms with Gasteiger partial charge in [0.15, 0.2) is 0 Å². The number of ketones is 1. The van der Waals surface area contributed by atoms with Gasteiger partial charge in [0, 0.05) is 23.7 Å². The van der Waals surface area contributed by atoms with Crippen LogP contribution in [-0.4, -0.2) is 52.2 Å². The van der Waals surface area contributed by atoms with Crippen LogP contribution in [0.2, 0.25) is 0 Å². The third kappa shape index (κ3) is 3.30. The van der Waals surface area contributed by atoms with Crippen LogP contribution in [0, 0.1) is 34.0 Å². The Hall–Kier alpha value is -1.47. The van der Waals surface area contributed by atoms with Crippen LogP contribution in [-0.2, 0) is 14.3 Å². The summed E-state index contributed by atoms with van der Waals surface area (Å²) in [6.45, 7) is 7.39. The summed E-state index contributed by atoms with van der Waals surface area (Å²) in [4.78, 5) is 24.7. The SMILES string of the molecule is CC1CC[C@@]23CCC(=O)C[C@H]2[C@]1(C)[C@H](OC(=O)CO)C[C@@](C)(/C=N/O)[C@@H](O)[C@@H]3C. The molecule has 2 bridgehead atoms. The first-order chi connectivity index (χ1) is 13.5. The van der Waals surface area contributed by atoms with E-state index in [9.17, 15) is 25.0 Å². The predicted molar refractivity (Wildman–Crippen MR) is 106 cm³/mol. The van der Waals surface area contributed by atoms with Gasteiger partial charge in [-0.05, 0) is 48.9 Å². The van der Waals surface area contributed by atoms with E-state index < -0.39 is 35.6 Å². The molecule has 0 aromatic rings. The van der Waals surface area contributed by atoms with Crippen molar-refractivity contribution < 1.29 is 29.7 Å². The molecule has 3 rings (SSSR count). The van der Waals surface area contributed by atoms with Crippen molar-refractivity contribution in [3.8, 4) is 0 Å². The number of aliphatic hydroxyl groups excluding tert-OH is 2. The normalized spacial score (nSPS) is 47.9. The third-order valence-electron chi connectivity index (χ3n) is 8.98. The number of Topliss-reactive ketones (excluding diaryl/α,β-unsaturated/α-hetero) is 1. The molecule has 0 saturated heterocycles. The van der Waals surface area contributed by atoms with Crippen molar-refractivity contribution in [1.82, 2.24) is 0 Å². The molecular formula is C22H35NO6. The van der Waals surface area contributed by atoms with Gasteiger partial charge >= 0.3 is 5.97 Å². The van der Waals surface area contributed by atoms with Crippen molar-refractivity contribution in [2.75, 3.05) is 6.61 Å². The van der Waals surface area contributed by atoms with Crippen molar-refractivity contribution in [3.05, 3.63) is 0 Å². The first kappa shape index (κ1) is 22.2. The number of esters is 1. The molecule has 3 aliphatic rings. The van der Waals surface area contributed by atoms with Crippen LogP contribution in [0.25, 0.3) is 0 Å². The summed E-state index contributed by atoms with van der Waals surface area (Å²) in [6.07, 6.45) is 3.66. The molecule has 1 unspecified atom stereocenters. The van der Waals surface area contributed by atoms with Crippen LogP contribution >= 0.6 is 0 Å². The Morgan fingerprint density at radius 2 is 2.00 bits per heavy atom. The van der Waals surface area contributed by atoms with E-state index >= 15 is 0 Å². The standard InChI is InChI=1S/C22H35NO6/c1-13-5-7-22-8-6-15(25)9-16(22)21(13,4)17(29-18(26)11-24)10-20(3,12-23-28)19(27)14(22)2/h12-14,16-17,19,24,27-28H,5-11H2,1-4H3/b23-12+/t13?,14-,16-,17+,19-,20-,21+,22-/m0/s1. The third-order valence-corrected chi connectivity index (χ3v) is 8.98. The molecule has 3 aliphatic carbocycles. The van der Waals surface area contributed by atoms with Gasteiger partial charge in [-0.15, -0.1) is 5.16 Å². The van der Waals surface area contributed by atoms with Gasteiger partial charge in [-0.1, -0.05) is 27.7 Å². The van der Waals surface area contributed by atoms with Crippen LogP contribution < -0.4 is 0 Å². The van der Waals surface area contributed by atoms with E-state index in [1.165, 1.54) is 6.21 Å². The summed E-state index contributed by atoms with van der Waals surface area (Å²) in [7, 11) is 0. The molecule has 0 aromatic heterocycles. The molecule has 3 N–H and O–H groups in total. The molecule has 0 aliphatic heterocycles. The molecule has 7 nitrogen and oxygen atoms in total. The van der Waals surface area contributed by atoms with Gasteiger partial charge in [0.05, 0.1) is 12.3 Å². The topological polar surface area (TPSA) is 116 Å². The molecule has 7 heteroatoms. The Morgan fingerprint density at radius 1 is 1.31 bits per heavy atom. The van der Waals surface area contributed by atoms with Crippen LogP contribution in [0.1, 0.15) is 66.2 Å². The number of hydrogen-bond donors (Lipinski definition) is 3. The van der Waals surface area contributed by atoms with Gasteiger partial charge in [0.2, 0.25) is 0 Å². The van der Waals surface area contributed by atoms with Crippen LogP contribution in [0.4, 0.5) is 0 Å². The largest absolute Gasteiger partial charge is 0.460 e. The minimum absolute atomic E-state index is 0.0169. The van der Waals surface area contributed by atoms with Crippen molar-refractivity contribution in [2.24, 2.45) is 39.2 Å². The summed E-state index contributed by atoms with van der Waals surface area (Å²) in [6, 6.07) is 0. The van der Waals surface area contributed by atoms with Gasteiger partial charge < -0.3 is 20.2 Å². The second-order valence-corrected chi connectivity index (χ2v) is 10.2. The van der Waals surface area contributed by atoms with E-state index in [1.54, 1.807) is 0 Å². The zero-order chi connectivity index (χ0) is 21.6. The Morgan fingerprint density at radius 3 is 2.62 bits per heavy atom. The molecular weight excluding hydrogens is 374 g/mol. The average molecular weight is 410 g/mol. The zero-order valence-corrected chi connectivity index (χ0v) is 17.9. The van der Waals surface area contributed by atoms with E-state index in [0.29, 0.717) is 19.3 Å². The number of ether oxygens (including phenoxy) is 1. The number of carbonyl (C=O) groups excluding carboxylic acids is 2. The number of carbonyl (C=O) groups is 2. The molecule has 8 atom stereocenters. The number of oxime groups is 1. The maximum atomic E-state index is 12.5. The Labute approximate surface area is 172 Å². The lowest BCUT2D eigenvalue weighted by molar-refractivity contribution is -0.221. The quantitative estimate of drug-likeness (QED) is 0.285. The molecule has 0 amide bonds. The van der Waals surface area contributed by atoms with Crippen LogP contribution in [0.3, 0.4) is 0 Å². The van der Waals surface area contributed by atoms with Crippen molar-refractivity contribution in [1.29, 1.82) is 0 Å². The number of aliphatic hydroxyl groups is 2. The molecule has 0 heterocycles. The molecule has 0 spiro atoms. The van der Waals surface area contributed by atoms with Gasteiger partial charge in [0.1, 0.15) is 18.5 Å². The molecule has 164 valence electrons. The van der Waals surface area contributed by atoms with Crippen LogP contribution in [0.15, 0.2) is 5.16 Å². The molecule has 29 heavy (non-hydrogen) atoms. The predicted octanol–water partition coefficient (Wildman–Crippen LogP) is 2.55. The van der Waals surface area contributed by atoms with E-state index in [4.69, 9.17) is 4.74 Å². The van der Waals surface area contributed by atoms with E-state index in [2.05, 4.69) is 19.0 Å². The fourth-order valence-corrected chi connectivity index (χ4v) is 6.92. The van der Waals surface area contributed by atoms with E-state index in [0.717, 1.165) is 12.8 Å². The Bertz CT molecular complexity index is 695. The summed E-state index contributed by atoms with van der Waals surface area (Å²) < 4.78 is 5.79. The summed E-state index contributed by atoms with van der Waals surface area (Å²) in [5, 5.41) is 33.3. The minimum Gasteiger partial charge on any atom is -0.460 e. The molecule has 3 fully saturated rings. The number of rotatable bonds is 3. The second-order valence-electron chi connectivity index (χ2n) is 10.2. The average Bonchev–Trinajstić information content (AvgIpc) is 2.69. The lowest BCUT2D eigenvalue weighted by Crippen LogP contribution is -2.65. The fourth-order valence-electron chi connectivity index (χ4n) is 6.92. The highest BCUT2D eigenvalue weighted by molar-refractivity contribution is 5.80. The summed E-state index contributed by atoms with van der Waals surface area (Å²) in [5.41, 5.74) is -1.64. The molecule has 0 radical (unpaired) electrons. The van der Waals surface area contributed by atoms with Crippen molar-refractivity contribution in [3.63, 3.8) is 0 Å². The molecule has 0 aromatic carbocycles. The monoisotopic (exact) mass is 409 g/mol. The first-order valence-corrected chi connectivity index (χ1v) is 10.7. The maximum absolute atomic E-state index is 12.5. The highest BCUT2D eigenvalue weighted by Gasteiger charge is 2.65. The maximum Gasteiger partial charge on any atom is 0.332 e. The van der Waals surface area contributed by atoms with Gasteiger partial charge in [-0.3, -0.25) is 4.79 Å². The van der Waals surface area contributed by atoms with Gasteiger partial charge in [-0.2, -0.15) is 0 Å². The molecule has 3 saturated carbocycles. The Balaban J connectivity index is 2.21.